The summed E-state index contributed by atoms with van der Waals surface area (Å²) < 4.78 is 0. The maximum Gasteiger partial charge on any atom is 1.00 e. The van der Waals surface area contributed by atoms with Crippen molar-refractivity contribution >= 4 is 6.08 Å². The third kappa shape index (κ3) is 6.42. The first kappa shape index (κ1) is 16.4. The van der Waals surface area contributed by atoms with Gasteiger partial charge in [0.25, 0.3) is 0 Å². The van der Waals surface area contributed by atoms with Crippen molar-refractivity contribution in [2.45, 2.75) is 0 Å². The van der Waals surface area contributed by atoms with E-state index >= 15 is 0 Å². The van der Waals surface area contributed by atoms with E-state index < -0.39 is 0 Å². The quantitative estimate of drug-likeness (QED) is 0.446. The van der Waals surface area contributed by atoms with Crippen LogP contribution in [0.25, 0.3) is 6.08 Å². The summed E-state index contributed by atoms with van der Waals surface area (Å²) in [5, 5.41) is 0. The zero-order valence-corrected chi connectivity index (χ0v) is 12.8. The molecular weight excluding hydrogens is 250 g/mol. The molecule has 1 rings (SSSR count). The summed E-state index contributed by atoms with van der Waals surface area (Å²) >= 11 is 0. The Morgan fingerprint density at radius 3 is 2.71 bits per heavy atom. The molecule has 0 aromatic heterocycles. The average molecular weight is 258 g/mol. The maximum absolute atomic E-state index is 10.8. The zero-order chi connectivity index (χ0) is 8.81. The van der Waals surface area contributed by atoms with Gasteiger partial charge in [0.15, 0.2) is 0 Å². The molecular formula is C11H8O2Rb-. The van der Waals surface area contributed by atoms with E-state index in [4.69, 9.17) is 6.42 Å². The van der Waals surface area contributed by atoms with Gasteiger partial charge >= 0.3 is 58.2 Å². The van der Waals surface area contributed by atoms with E-state index in [-0.39, 0.29) is 69.1 Å². The van der Waals surface area contributed by atoms with Gasteiger partial charge in [0.1, 0.15) is 0 Å². The molecule has 0 aliphatic heterocycles. The van der Waals surface area contributed by atoms with Crippen molar-refractivity contribution in [3.63, 3.8) is 0 Å². The van der Waals surface area contributed by atoms with Gasteiger partial charge < -0.3 is 10.3 Å². The van der Waals surface area contributed by atoms with Gasteiger partial charge in [-0.25, -0.2) is 0 Å². The summed E-state index contributed by atoms with van der Waals surface area (Å²) in [6, 6.07) is 9.05. The van der Waals surface area contributed by atoms with Crippen molar-refractivity contribution in [1.29, 1.82) is 0 Å². The first-order valence-electron chi connectivity index (χ1n) is 3.47. The largest absolute Gasteiger partial charge is 1.00 e. The molecule has 0 aliphatic carbocycles. The number of rotatable bonds is 1. The number of hydrogen-bond acceptors (Lipinski definition) is 2. The minimum atomic E-state index is -0.129. The van der Waals surface area contributed by atoms with Crippen molar-refractivity contribution in [2.75, 3.05) is 0 Å². The van der Waals surface area contributed by atoms with Gasteiger partial charge in [0.2, 0.25) is 0 Å². The minimum Gasteiger partial charge on any atom is -0.870 e. The van der Waals surface area contributed by atoms with Crippen LogP contribution in [-0.4, -0.2) is 5.48 Å². The second-order valence-corrected chi connectivity index (χ2v) is 2.18. The Bertz CT molecular complexity index is 391. The van der Waals surface area contributed by atoms with Crippen LogP contribution in [0.1, 0.15) is 5.56 Å². The SMILES string of the molecule is C#C/C=C/c1cc[c-]c(=O)cc1.[OH-].[Rb+]. The van der Waals surface area contributed by atoms with Crippen LogP contribution in [0.15, 0.2) is 35.1 Å². The molecule has 0 heterocycles. The molecule has 1 aromatic carbocycles. The van der Waals surface area contributed by atoms with E-state index in [9.17, 15) is 4.79 Å². The smallest absolute Gasteiger partial charge is 0.870 e. The molecule has 3 heteroatoms. The van der Waals surface area contributed by atoms with Gasteiger partial charge in [-0.2, -0.15) is 12.1 Å². The molecule has 0 atom stereocenters. The van der Waals surface area contributed by atoms with Gasteiger partial charge in [0, 0.05) is 0 Å². The van der Waals surface area contributed by atoms with E-state index in [1.807, 2.05) is 0 Å². The minimum absolute atomic E-state index is 0. The van der Waals surface area contributed by atoms with E-state index in [1.165, 1.54) is 6.07 Å². The van der Waals surface area contributed by atoms with E-state index in [0.717, 1.165) is 5.56 Å². The van der Waals surface area contributed by atoms with E-state index in [0.29, 0.717) is 0 Å². The summed E-state index contributed by atoms with van der Waals surface area (Å²) in [7, 11) is 0. The van der Waals surface area contributed by atoms with Gasteiger partial charge in [-0.05, 0) is 6.08 Å². The van der Waals surface area contributed by atoms with Gasteiger partial charge in [-0.3, -0.25) is 0 Å². The maximum atomic E-state index is 10.8. The van der Waals surface area contributed by atoms with Crippen molar-refractivity contribution in [3.8, 4) is 12.3 Å². The second-order valence-electron chi connectivity index (χ2n) is 2.18. The van der Waals surface area contributed by atoms with Crippen molar-refractivity contribution in [3.05, 3.63) is 52.2 Å². The fraction of sp³-hybridized carbons (Fsp3) is 0. The summed E-state index contributed by atoms with van der Waals surface area (Å²) in [4.78, 5) is 10.8. The molecule has 0 spiro atoms. The molecule has 1 aromatic rings. The Balaban J connectivity index is 0. The molecule has 0 amide bonds. The molecule has 66 valence electrons. The van der Waals surface area contributed by atoms with Crippen LogP contribution in [0.5, 0.6) is 0 Å². The number of terminal acetylenes is 1. The van der Waals surface area contributed by atoms with Crippen LogP contribution < -0.4 is 63.6 Å². The molecule has 0 aliphatic rings. The fourth-order valence-corrected chi connectivity index (χ4v) is 0.751. The Labute approximate surface area is 132 Å². The Hall–Kier alpha value is -0.0448. The van der Waals surface area contributed by atoms with Crippen LogP contribution >= 0.6 is 0 Å². The molecule has 0 bridgehead atoms. The first-order chi connectivity index (χ1) is 5.83. The Morgan fingerprint density at radius 1 is 1.36 bits per heavy atom. The molecule has 2 nitrogen and oxygen atoms in total. The Morgan fingerprint density at radius 2 is 2.07 bits per heavy atom. The predicted octanol–water partition coefficient (Wildman–Crippen LogP) is -1.68. The van der Waals surface area contributed by atoms with Crippen LogP contribution in [0, 0.1) is 18.4 Å². The van der Waals surface area contributed by atoms with Crippen LogP contribution in [0.3, 0.4) is 0 Å². The zero-order valence-electron chi connectivity index (χ0n) is 7.90. The standard InChI is InChI=1S/C11H7O.H2O.Rb/c1-2-3-5-10-6-4-7-11(12)9-8-10;;/h1,3-6,8-9H;1H2;/q-1;;+1/p-1/b5-3+;;. The van der Waals surface area contributed by atoms with E-state index in [2.05, 4.69) is 12.0 Å². The molecule has 1 N–H and O–H groups in total. The number of hydrogen-bond donors (Lipinski definition) is 0. The summed E-state index contributed by atoms with van der Waals surface area (Å²) in [6.45, 7) is 0. The van der Waals surface area contributed by atoms with Crippen LogP contribution in [0.2, 0.25) is 0 Å². The van der Waals surface area contributed by atoms with Gasteiger partial charge in [0.05, 0.1) is 5.43 Å². The normalized spacial score (nSPS) is 8.21. The van der Waals surface area contributed by atoms with Crippen LogP contribution in [-0.2, 0) is 0 Å². The molecule has 0 saturated carbocycles. The van der Waals surface area contributed by atoms with Gasteiger partial charge in [-0.1, -0.05) is 17.6 Å². The van der Waals surface area contributed by atoms with Gasteiger partial charge in [-0.15, -0.1) is 24.6 Å². The first-order valence-corrected chi connectivity index (χ1v) is 3.47. The summed E-state index contributed by atoms with van der Waals surface area (Å²) in [5.74, 6) is 2.37. The second kappa shape index (κ2) is 9.51. The van der Waals surface area contributed by atoms with Crippen molar-refractivity contribution < 1.29 is 63.7 Å². The number of allylic oxidation sites excluding steroid dienone is 1. The fourth-order valence-electron chi connectivity index (χ4n) is 0.751. The topological polar surface area (TPSA) is 47.1 Å². The third-order valence-corrected chi connectivity index (χ3v) is 1.30. The molecule has 0 radical (unpaired) electrons. The Kier molecular flexibility index (Phi) is 11.1. The third-order valence-electron chi connectivity index (χ3n) is 1.30. The van der Waals surface area contributed by atoms with Crippen LogP contribution in [0.4, 0.5) is 0 Å². The average Bonchev–Trinajstić information content (AvgIpc) is 2.27. The van der Waals surface area contributed by atoms with Crippen molar-refractivity contribution in [2.24, 2.45) is 0 Å². The van der Waals surface area contributed by atoms with E-state index in [1.54, 1.807) is 30.4 Å². The predicted molar refractivity (Wildman–Crippen MR) is 51.4 cm³/mol. The van der Waals surface area contributed by atoms with Crippen molar-refractivity contribution in [1.82, 2.24) is 0 Å². The molecule has 14 heavy (non-hydrogen) atoms. The molecule has 0 fully saturated rings. The summed E-state index contributed by atoms with van der Waals surface area (Å²) in [6.07, 6.45) is 8.37. The molecule has 0 saturated heterocycles. The molecule has 0 unspecified atom stereocenters. The monoisotopic (exact) mass is 257 g/mol. The summed E-state index contributed by atoms with van der Waals surface area (Å²) in [5.41, 5.74) is 0.765.